The smallest absolute Gasteiger partial charge is 0.335 e. The largest absolute Gasteiger partial charge is 0.478 e. The van der Waals surface area contributed by atoms with Gasteiger partial charge in [-0.1, -0.05) is 42.2 Å². The number of carbonyl (C=O) groups is 2. The quantitative estimate of drug-likeness (QED) is 0.779. The maximum Gasteiger partial charge on any atom is 0.335 e. The minimum atomic E-state index is -0.958. The lowest BCUT2D eigenvalue weighted by molar-refractivity contribution is -0.137. The third-order valence-electron chi connectivity index (χ3n) is 5.95. The summed E-state index contributed by atoms with van der Waals surface area (Å²) in [6.07, 6.45) is 0.791. The topological polar surface area (TPSA) is 73.2 Å². The van der Waals surface area contributed by atoms with E-state index in [4.69, 9.17) is 10.1 Å². The van der Waals surface area contributed by atoms with E-state index in [2.05, 4.69) is 16.7 Å². The summed E-state index contributed by atoms with van der Waals surface area (Å²) in [6, 6.07) is 16.4. The molecule has 158 valence electrons. The number of aliphatic imine (C=N–C) groups is 1. The Hall–Kier alpha value is -3.43. The van der Waals surface area contributed by atoms with Gasteiger partial charge in [0, 0.05) is 24.4 Å². The minimum absolute atomic E-state index is 0.0838. The second-order valence-electron chi connectivity index (χ2n) is 7.91. The molecule has 4 rings (SSSR count). The molecule has 2 aliphatic heterocycles. The second-order valence-corrected chi connectivity index (χ2v) is 7.91. The summed E-state index contributed by atoms with van der Waals surface area (Å²) in [5, 5.41) is 9.09. The van der Waals surface area contributed by atoms with Gasteiger partial charge in [0.2, 0.25) is 5.91 Å². The molecule has 2 aromatic rings. The molecule has 2 aromatic carbocycles. The van der Waals surface area contributed by atoms with Crippen molar-refractivity contribution in [2.75, 3.05) is 26.3 Å². The molecule has 1 saturated heterocycles. The average Bonchev–Trinajstić information content (AvgIpc) is 2.80. The molecule has 6 heteroatoms. The van der Waals surface area contributed by atoms with Gasteiger partial charge in [0.15, 0.2) is 0 Å². The number of benzene rings is 2. The van der Waals surface area contributed by atoms with Gasteiger partial charge in [0.05, 0.1) is 24.1 Å². The number of amides is 1. The van der Waals surface area contributed by atoms with Gasteiger partial charge in [-0.2, -0.15) is 0 Å². The number of carbonyl (C=O) groups excluding carboxylic acids is 1. The predicted molar refractivity (Wildman–Crippen MR) is 119 cm³/mol. The number of hydrogen-bond donors (Lipinski definition) is 1. The number of carboxylic acid groups (broad SMARTS) is 1. The fourth-order valence-electron chi connectivity index (χ4n) is 4.06. The molecule has 1 amide bonds. The number of piperidine rings is 1. The first-order valence-corrected chi connectivity index (χ1v) is 10.5. The van der Waals surface area contributed by atoms with Crippen molar-refractivity contribution in [3.63, 3.8) is 0 Å². The van der Waals surface area contributed by atoms with Gasteiger partial charge in [0.1, 0.15) is 6.67 Å². The van der Waals surface area contributed by atoms with Crippen LogP contribution in [0.15, 0.2) is 59.6 Å². The number of nitrogens with zero attached hydrogens (tertiary/aromatic N) is 3. The lowest BCUT2D eigenvalue weighted by atomic mass is 9.91. The SMILES string of the molecule is CC(c1ccc(C(=O)O)cc1)N1CN=C2CCN(CC#Cc3ccccc3)CC2C1=O. The highest BCUT2D eigenvalue weighted by Crippen LogP contribution is 2.28. The zero-order valence-electron chi connectivity index (χ0n) is 17.5. The summed E-state index contributed by atoms with van der Waals surface area (Å²) in [7, 11) is 0. The molecule has 1 fully saturated rings. The van der Waals surface area contributed by atoms with Crippen LogP contribution in [-0.4, -0.2) is 58.8 Å². The van der Waals surface area contributed by atoms with Crippen molar-refractivity contribution in [2.24, 2.45) is 10.9 Å². The summed E-state index contributed by atoms with van der Waals surface area (Å²) in [5.74, 6) is 5.29. The molecule has 0 saturated carbocycles. The molecular weight excluding hydrogens is 390 g/mol. The van der Waals surface area contributed by atoms with Crippen molar-refractivity contribution in [2.45, 2.75) is 19.4 Å². The third kappa shape index (κ3) is 4.68. The van der Waals surface area contributed by atoms with Crippen LogP contribution in [0.25, 0.3) is 0 Å². The molecule has 31 heavy (non-hydrogen) atoms. The molecule has 2 heterocycles. The summed E-state index contributed by atoms with van der Waals surface area (Å²) in [4.78, 5) is 33.1. The Morgan fingerprint density at radius 3 is 2.65 bits per heavy atom. The van der Waals surface area contributed by atoms with Crippen molar-refractivity contribution >= 4 is 17.6 Å². The van der Waals surface area contributed by atoms with Gasteiger partial charge in [-0.3, -0.25) is 14.7 Å². The van der Waals surface area contributed by atoms with Crippen LogP contribution in [-0.2, 0) is 4.79 Å². The summed E-state index contributed by atoms with van der Waals surface area (Å²) < 4.78 is 0. The Morgan fingerprint density at radius 1 is 1.19 bits per heavy atom. The number of fused-ring (bicyclic) bond motifs is 1. The highest BCUT2D eigenvalue weighted by atomic mass is 16.4. The molecule has 0 aromatic heterocycles. The number of carboxylic acids is 1. The van der Waals surface area contributed by atoms with E-state index in [9.17, 15) is 9.59 Å². The predicted octanol–water partition coefficient (Wildman–Crippen LogP) is 3.06. The lowest BCUT2D eigenvalue weighted by Gasteiger charge is -2.40. The van der Waals surface area contributed by atoms with Crippen LogP contribution in [0.2, 0.25) is 0 Å². The molecule has 2 aliphatic rings. The van der Waals surface area contributed by atoms with Gasteiger partial charge in [-0.15, -0.1) is 0 Å². The van der Waals surface area contributed by atoms with Crippen molar-refractivity contribution in [3.05, 3.63) is 71.3 Å². The highest BCUT2D eigenvalue weighted by molar-refractivity contribution is 6.06. The summed E-state index contributed by atoms with van der Waals surface area (Å²) >= 11 is 0. The maximum absolute atomic E-state index is 13.3. The number of rotatable bonds is 4. The van der Waals surface area contributed by atoms with Crippen molar-refractivity contribution in [1.29, 1.82) is 0 Å². The van der Waals surface area contributed by atoms with Crippen LogP contribution in [0.4, 0.5) is 0 Å². The third-order valence-corrected chi connectivity index (χ3v) is 5.95. The molecule has 0 spiro atoms. The average molecular weight is 415 g/mol. The van der Waals surface area contributed by atoms with Crippen LogP contribution in [0, 0.1) is 17.8 Å². The monoisotopic (exact) mass is 415 g/mol. The Balaban J connectivity index is 1.42. The van der Waals surface area contributed by atoms with E-state index in [0.29, 0.717) is 19.8 Å². The standard InChI is InChI=1S/C25H25N3O3/c1-18(20-9-11-21(12-10-20)25(30)31)28-17-26-23-13-15-27(16-22(23)24(28)29)14-5-8-19-6-3-2-4-7-19/h2-4,6-7,9-12,18,22H,13-17H2,1H3,(H,30,31). The molecule has 2 atom stereocenters. The Bertz CT molecular complexity index is 1050. The Labute approximate surface area is 182 Å². The van der Waals surface area contributed by atoms with Gasteiger partial charge in [-0.05, 0) is 43.2 Å². The van der Waals surface area contributed by atoms with Crippen molar-refractivity contribution < 1.29 is 14.7 Å². The molecule has 0 aliphatic carbocycles. The van der Waals surface area contributed by atoms with Gasteiger partial charge < -0.3 is 10.0 Å². The second kappa shape index (κ2) is 9.15. The molecular formula is C25H25N3O3. The number of likely N-dealkylation sites (tertiary alicyclic amines) is 1. The molecule has 2 unspecified atom stereocenters. The van der Waals surface area contributed by atoms with Crippen molar-refractivity contribution in [3.8, 4) is 11.8 Å². The fraction of sp³-hybridized carbons (Fsp3) is 0.320. The minimum Gasteiger partial charge on any atom is -0.478 e. The number of aromatic carboxylic acids is 1. The van der Waals surface area contributed by atoms with Crippen LogP contribution in [0.5, 0.6) is 0 Å². The highest BCUT2D eigenvalue weighted by Gasteiger charge is 2.38. The van der Waals surface area contributed by atoms with Crippen LogP contribution >= 0.6 is 0 Å². The molecule has 0 radical (unpaired) electrons. The van der Waals surface area contributed by atoms with E-state index in [0.717, 1.165) is 29.8 Å². The first-order chi connectivity index (χ1) is 15.0. The van der Waals surface area contributed by atoms with E-state index in [-0.39, 0.29) is 23.4 Å². The van der Waals surface area contributed by atoms with Gasteiger partial charge >= 0.3 is 5.97 Å². The Morgan fingerprint density at radius 2 is 1.94 bits per heavy atom. The fourth-order valence-corrected chi connectivity index (χ4v) is 4.06. The zero-order valence-corrected chi connectivity index (χ0v) is 17.5. The number of hydrogen-bond acceptors (Lipinski definition) is 4. The molecule has 1 N–H and O–H groups in total. The van der Waals surface area contributed by atoms with Crippen LogP contribution in [0.3, 0.4) is 0 Å². The van der Waals surface area contributed by atoms with E-state index >= 15 is 0 Å². The van der Waals surface area contributed by atoms with E-state index in [1.165, 1.54) is 0 Å². The van der Waals surface area contributed by atoms with E-state index in [1.54, 1.807) is 29.2 Å². The van der Waals surface area contributed by atoms with Crippen molar-refractivity contribution in [1.82, 2.24) is 9.80 Å². The molecule has 6 nitrogen and oxygen atoms in total. The van der Waals surface area contributed by atoms with Crippen LogP contribution in [0.1, 0.15) is 40.9 Å². The molecule has 0 bridgehead atoms. The summed E-state index contributed by atoms with van der Waals surface area (Å²) in [6.45, 7) is 4.42. The normalized spacial score (nSPS) is 19.6. The Kier molecular flexibility index (Phi) is 6.15. The van der Waals surface area contributed by atoms with E-state index < -0.39 is 5.97 Å². The maximum atomic E-state index is 13.3. The lowest BCUT2D eigenvalue weighted by Crippen LogP contribution is -2.52. The van der Waals surface area contributed by atoms with Crippen LogP contribution < -0.4 is 0 Å². The first kappa shape index (κ1) is 20.8. The summed E-state index contributed by atoms with van der Waals surface area (Å²) in [5.41, 5.74) is 3.12. The van der Waals surface area contributed by atoms with E-state index in [1.807, 2.05) is 37.3 Å². The zero-order chi connectivity index (χ0) is 21.8. The first-order valence-electron chi connectivity index (χ1n) is 10.5. The van der Waals surface area contributed by atoms with Gasteiger partial charge in [0.25, 0.3) is 0 Å². The van der Waals surface area contributed by atoms with Gasteiger partial charge in [-0.25, -0.2) is 4.79 Å².